The average Bonchev–Trinajstić information content (AvgIpc) is 2.91. The summed E-state index contributed by atoms with van der Waals surface area (Å²) in [5.74, 6) is 1.04. The van der Waals surface area contributed by atoms with E-state index in [1.165, 1.54) is 12.8 Å². The number of aromatic nitrogens is 2. The van der Waals surface area contributed by atoms with E-state index in [0.29, 0.717) is 17.8 Å². The summed E-state index contributed by atoms with van der Waals surface area (Å²) < 4.78 is 1.78. The Labute approximate surface area is 121 Å². The van der Waals surface area contributed by atoms with Crippen molar-refractivity contribution in [3.8, 4) is 0 Å². The van der Waals surface area contributed by atoms with Crippen LogP contribution in [0.15, 0.2) is 17.2 Å². The Morgan fingerprint density at radius 1 is 1.55 bits per heavy atom. The van der Waals surface area contributed by atoms with Crippen molar-refractivity contribution < 1.29 is 0 Å². The van der Waals surface area contributed by atoms with Crippen molar-refractivity contribution in [3.05, 3.63) is 22.7 Å². The van der Waals surface area contributed by atoms with Crippen LogP contribution < -0.4 is 15.8 Å². The highest BCUT2D eigenvalue weighted by molar-refractivity contribution is 5.35. The van der Waals surface area contributed by atoms with Crippen LogP contribution in [0.4, 0.5) is 5.82 Å². The summed E-state index contributed by atoms with van der Waals surface area (Å²) >= 11 is 0. The SMILES string of the molecule is CCN(CC1CCCN1)c1nccn(CC(C)C)c1=O. The van der Waals surface area contributed by atoms with Gasteiger partial charge in [0.25, 0.3) is 5.56 Å². The summed E-state index contributed by atoms with van der Waals surface area (Å²) in [4.78, 5) is 18.9. The van der Waals surface area contributed by atoms with Crippen LogP contribution in [0.25, 0.3) is 0 Å². The van der Waals surface area contributed by atoms with Crippen molar-refractivity contribution >= 4 is 5.82 Å². The van der Waals surface area contributed by atoms with Gasteiger partial charge in [-0.2, -0.15) is 0 Å². The van der Waals surface area contributed by atoms with E-state index < -0.39 is 0 Å². The number of rotatable bonds is 6. The molecule has 0 amide bonds. The quantitative estimate of drug-likeness (QED) is 0.856. The third-order valence-electron chi connectivity index (χ3n) is 3.74. The van der Waals surface area contributed by atoms with E-state index in [0.717, 1.165) is 26.2 Å². The van der Waals surface area contributed by atoms with Gasteiger partial charge in [-0.05, 0) is 32.2 Å². The minimum absolute atomic E-state index is 0.0287. The first-order valence-corrected chi connectivity index (χ1v) is 7.65. The molecule has 1 aromatic rings. The summed E-state index contributed by atoms with van der Waals surface area (Å²) in [5.41, 5.74) is 0.0287. The van der Waals surface area contributed by atoms with Gasteiger partial charge in [0.2, 0.25) is 0 Å². The zero-order valence-corrected chi connectivity index (χ0v) is 12.8. The molecule has 1 aromatic heterocycles. The van der Waals surface area contributed by atoms with Crippen molar-refractivity contribution in [2.24, 2.45) is 5.92 Å². The molecule has 2 rings (SSSR count). The summed E-state index contributed by atoms with van der Waals surface area (Å²) in [5, 5.41) is 3.48. The van der Waals surface area contributed by atoms with Crippen LogP contribution >= 0.6 is 0 Å². The normalized spacial score (nSPS) is 18.7. The van der Waals surface area contributed by atoms with Gasteiger partial charge in [-0.3, -0.25) is 4.79 Å². The molecule has 20 heavy (non-hydrogen) atoms. The van der Waals surface area contributed by atoms with Crippen LogP contribution in [0.1, 0.15) is 33.6 Å². The maximum Gasteiger partial charge on any atom is 0.293 e. The molecule has 1 unspecified atom stereocenters. The number of nitrogens with zero attached hydrogens (tertiary/aromatic N) is 3. The van der Waals surface area contributed by atoms with Gasteiger partial charge in [0.05, 0.1) is 0 Å². The van der Waals surface area contributed by atoms with E-state index in [1.54, 1.807) is 17.0 Å². The van der Waals surface area contributed by atoms with Crippen molar-refractivity contribution in [1.82, 2.24) is 14.9 Å². The third kappa shape index (κ3) is 3.60. The highest BCUT2D eigenvalue weighted by atomic mass is 16.1. The highest BCUT2D eigenvalue weighted by Crippen LogP contribution is 2.11. The second kappa shape index (κ2) is 6.88. The fourth-order valence-electron chi connectivity index (χ4n) is 2.73. The van der Waals surface area contributed by atoms with Gasteiger partial charge in [0.1, 0.15) is 0 Å². The molecule has 5 heteroatoms. The number of nitrogens with one attached hydrogen (secondary N) is 1. The fourth-order valence-corrected chi connectivity index (χ4v) is 2.73. The zero-order chi connectivity index (χ0) is 14.5. The molecule has 1 aliphatic rings. The summed E-state index contributed by atoms with van der Waals surface area (Å²) in [6.07, 6.45) is 5.93. The molecular weight excluding hydrogens is 252 g/mol. The topological polar surface area (TPSA) is 50.2 Å². The molecule has 2 heterocycles. The lowest BCUT2D eigenvalue weighted by molar-refractivity contribution is 0.506. The van der Waals surface area contributed by atoms with Crippen molar-refractivity contribution in [3.63, 3.8) is 0 Å². The van der Waals surface area contributed by atoms with Crippen LogP contribution in [0.5, 0.6) is 0 Å². The minimum atomic E-state index is 0.0287. The van der Waals surface area contributed by atoms with Crippen LogP contribution in [-0.4, -0.2) is 35.2 Å². The second-order valence-electron chi connectivity index (χ2n) is 5.93. The van der Waals surface area contributed by atoms with E-state index in [9.17, 15) is 4.79 Å². The number of hydrogen-bond acceptors (Lipinski definition) is 4. The molecule has 0 saturated carbocycles. The summed E-state index contributed by atoms with van der Waals surface area (Å²) in [7, 11) is 0. The number of hydrogen-bond donors (Lipinski definition) is 1. The van der Waals surface area contributed by atoms with Crippen molar-refractivity contribution in [2.75, 3.05) is 24.5 Å². The Hall–Kier alpha value is -1.36. The molecule has 1 N–H and O–H groups in total. The second-order valence-corrected chi connectivity index (χ2v) is 5.93. The van der Waals surface area contributed by atoms with E-state index in [4.69, 9.17) is 0 Å². The molecule has 1 aliphatic heterocycles. The van der Waals surface area contributed by atoms with Crippen molar-refractivity contribution in [2.45, 2.75) is 46.2 Å². The Morgan fingerprint density at radius 2 is 2.35 bits per heavy atom. The fraction of sp³-hybridized carbons (Fsp3) is 0.733. The van der Waals surface area contributed by atoms with E-state index in [-0.39, 0.29) is 5.56 Å². The minimum Gasteiger partial charge on any atom is -0.351 e. The van der Waals surface area contributed by atoms with Gasteiger partial charge in [-0.1, -0.05) is 13.8 Å². The highest BCUT2D eigenvalue weighted by Gasteiger charge is 2.20. The molecule has 1 saturated heterocycles. The summed E-state index contributed by atoms with van der Waals surface area (Å²) in [6.45, 7) is 9.82. The predicted octanol–water partition coefficient (Wildman–Crippen LogP) is 1.48. The standard InChI is InChI=1S/C15H26N4O/c1-4-18(11-13-6-5-7-16-13)14-15(20)19(9-8-17-14)10-12(2)3/h8-9,12-13,16H,4-7,10-11H2,1-3H3. The number of likely N-dealkylation sites (N-methyl/N-ethyl adjacent to an activating group) is 1. The molecule has 1 fully saturated rings. The zero-order valence-electron chi connectivity index (χ0n) is 12.8. The largest absolute Gasteiger partial charge is 0.351 e. The molecule has 1 atom stereocenters. The molecule has 0 aliphatic carbocycles. The molecule has 0 radical (unpaired) electrons. The number of anilines is 1. The summed E-state index contributed by atoms with van der Waals surface area (Å²) in [6, 6.07) is 0.481. The van der Waals surface area contributed by atoms with Crippen LogP contribution in [0.2, 0.25) is 0 Å². The van der Waals surface area contributed by atoms with Crippen molar-refractivity contribution in [1.29, 1.82) is 0 Å². The lowest BCUT2D eigenvalue weighted by Crippen LogP contribution is -2.41. The van der Waals surface area contributed by atoms with Gasteiger partial charge in [-0.25, -0.2) is 4.98 Å². The first kappa shape index (κ1) is 15.0. The Morgan fingerprint density at radius 3 is 2.95 bits per heavy atom. The van der Waals surface area contributed by atoms with E-state index in [1.807, 2.05) is 0 Å². The molecule has 5 nitrogen and oxygen atoms in total. The lowest BCUT2D eigenvalue weighted by Gasteiger charge is -2.25. The van der Waals surface area contributed by atoms with Crippen LogP contribution in [0.3, 0.4) is 0 Å². The molecule has 0 spiro atoms. The first-order chi connectivity index (χ1) is 9.61. The Kier molecular flexibility index (Phi) is 5.17. The van der Waals surface area contributed by atoms with Gasteiger partial charge in [-0.15, -0.1) is 0 Å². The molecule has 0 aromatic carbocycles. The lowest BCUT2D eigenvalue weighted by atomic mass is 10.2. The predicted molar refractivity (Wildman–Crippen MR) is 82.2 cm³/mol. The molecular formula is C15H26N4O. The maximum absolute atomic E-state index is 12.5. The van der Waals surface area contributed by atoms with Gasteiger partial charge in [0, 0.05) is 38.1 Å². The van der Waals surface area contributed by atoms with Crippen LogP contribution in [0, 0.1) is 5.92 Å². The van der Waals surface area contributed by atoms with Gasteiger partial charge >= 0.3 is 0 Å². The van der Waals surface area contributed by atoms with Gasteiger partial charge in [0.15, 0.2) is 5.82 Å². The maximum atomic E-state index is 12.5. The average molecular weight is 278 g/mol. The first-order valence-electron chi connectivity index (χ1n) is 7.65. The molecule has 112 valence electrons. The van der Waals surface area contributed by atoms with Crippen LogP contribution in [-0.2, 0) is 6.54 Å². The third-order valence-corrected chi connectivity index (χ3v) is 3.74. The Bertz CT molecular complexity index is 477. The van der Waals surface area contributed by atoms with E-state index >= 15 is 0 Å². The molecule has 0 bridgehead atoms. The Balaban J connectivity index is 2.18. The van der Waals surface area contributed by atoms with Gasteiger partial charge < -0.3 is 14.8 Å². The van der Waals surface area contributed by atoms with E-state index in [2.05, 4.69) is 36.0 Å². The smallest absolute Gasteiger partial charge is 0.293 e. The monoisotopic (exact) mass is 278 g/mol.